The number of aromatic nitrogens is 1. The van der Waals surface area contributed by atoms with E-state index in [0.717, 1.165) is 7.11 Å². The summed E-state index contributed by atoms with van der Waals surface area (Å²) < 4.78 is 43.8. The van der Waals surface area contributed by atoms with Gasteiger partial charge in [0.2, 0.25) is 0 Å². The monoisotopic (exact) mass is 363 g/mol. The molecule has 0 unspecified atom stereocenters. The predicted octanol–water partition coefficient (Wildman–Crippen LogP) is 2.08. The Morgan fingerprint density at radius 3 is 2.59 bits per heavy atom. The SMILES string of the molecule is COC(=O)c1ncc(O)c(OC(F)(F)F)c1I. The maximum Gasteiger partial charge on any atom is 0.573 e. The Morgan fingerprint density at radius 1 is 1.53 bits per heavy atom. The van der Waals surface area contributed by atoms with Crippen LogP contribution in [0.25, 0.3) is 0 Å². The van der Waals surface area contributed by atoms with E-state index in [1.807, 2.05) is 0 Å². The van der Waals surface area contributed by atoms with Gasteiger partial charge in [0.15, 0.2) is 17.2 Å². The summed E-state index contributed by atoms with van der Waals surface area (Å²) in [4.78, 5) is 14.6. The standard InChI is InChI=1S/C8H5F3INO4/c1-16-7(15)5-4(12)6(3(14)2-13-5)17-8(9,10)11/h2,14H,1H3. The molecule has 0 saturated carbocycles. The number of rotatable bonds is 2. The highest BCUT2D eigenvalue weighted by atomic mass is 127. The van der Waals surface area contributed by atoms with Gasteiger partial charge in [-0.05, 0) is 22.6 Å². The molecule has 1 rings (SSSR count). The lowest BCUT2D eigenvalue weighted by Crippen LogP contribution is -2.19. The van der Waals surface area contributed by atoms with Crippen LogP contribution < -0.4 is 4.74 Å². The number of hydrogen-bond acceptors (Lipinski definition) is 5. The van der Waals surface area contributed by atoms with Gasteiger partial charge in [-0.3, -0.25) is 0 Å². The van der Waals surface area contributed by atoms with Crippen LogP contribution in [0.3, 0.4) is 0 Å². The Kier molecular flexibility index (Phi) is 4.01. The average Bonchev–Trinajstić information content (AvgIpc) is 2.22. The van der Waals surface area contributed by atoms with Crippen molar-refractivity contribution in [3.63, 3.8) is 0 Å². The minimum atomic E-state index is -4.98. The van der Waals surface area contributed by atoms with E-state index in [-0.39, 0.29) is 9.26 Å². The summed E-state index contributed by atoms with van der Waals surface area (Å²) in [6.07, 6.45) is -4.30. The molecule has 1 aromatic heterocycles. The number of ether oxygens (including phenoxy) is 2. The molecule has 1 heterocycles. The molecule has 0 aromatic carbocycles. The molecule has 9 heteroatoms. The molecule has 17 heavy (non-hydrogen) atoms. The molecule has 0 saturated heterocycles. The molecule has 0 fully saturated rings. The topological polar surface area (TPSA) is 68.7 Å². The molecule has 0 spiro atoms. The number of aromatic hydroxyl groups is 1. The van der Waals surface area contributed by atoms with E-state index in [1.165, 1.54) is 22.6 Å². The molecular weight excluding hydrogens is 358 g/mol. The highest BCUT2D eigenvalue weighted by molar-refractivity contribution is 14.1. The van der Waals surface area contributed by atoms with Gasteiger partial charge in [-0.1, -0.05) is 0 Å². The zero-order valence-corrected chi connectivity index (χ0v) is 10.4. The Morgan fingerprint density at radius 2 is 2.12 bits per heavy atom. The molecule has 1 aromatic rings. The summed E-state index contributed by atoms with van der Waals surface area (Å²) in [7, 11) is 1.05. The van der Waals surface area contributed by atoms with E-state index >= 15 is 0 Å². The van der Waals surface area contributed by atoms with Crippen LogP contribution in [0.2, 0.25) is 0 Å². The van der Waals surface area contributed by atoms with Gasteiger partial charge in [-0.2, -0.15) is 0 Å². The molecule has 0 amide bonds. The highest BCUT2D eigenvalue weighted by Crippen LogP contribution is 2.36. The van der Waals surface area contributed by atoms with E-state index in [0.29, 0.717) is 6.20 Å². The van der Waals surface area contributed by atoms with Gasteiger partial charge in [0.25, 0.3) is 0 Å². The molecule has 94 valence electrons. The summed E-state index contributed by atoms with van der Waals surface area (Å²) in [5.41, 5.74) is -0.370. The van der Waals surface area contributed by atoms with Crippen molar-refractivity contribution in [3.05, 3.63) is 15.5 Å². The number of nitrogens with zero attached hydrogens (tertiary/aromatic N) is 1. The van der Waals surface area contributed by atoms with Gasteiger partial charge in [0.1, 0.15) is 0 Å². The third-order valence-corrected chi connectivity index (χ3v) is 2.55. The minimum Gasteiger partial charge on any atom is -0.503 e. The number of hydrogen-bond donors (Lipinski definition) is 1. The normalized spacial score (nSPS) is 11.1. The minimum absolute atomic E-state index is 0.285. The van der Waals surface area contributed by atoms with E-state index in [4.69, 9.17) is 0 Å². The first kappa shape index (κ1) is 13.8. The van der Waals surface area contributed by atoms with Crippen LogP contribution in [0.15, 0.2) is 6.20 Å². The third-order valence-electron chi connectivity index (χ3n) is 1.55. The van der Waals surface area contributed by atoms with Crippen LogP contribution >= 0.6 is 22.6 Å². The second kappa shape index (κ2) is 4.94. The fourth-order valence-electron chi connectivity index (χ4n) is 0.913. The number of carbonyl (C=O) groups is 1. The van der Waals surface area contributed by atoms with E-state index in [1.54, 1.807) is 0 Å². The smallest absolute Gasteiger partial charge is 0.503 e. The van der Waals surface area contributed by atoms with Crippen molar-refractivity contribution >= 4 is 28.6 Å². The molecule has 0 aliphatic heterocycles. The lowest BCUT2D eigenvalue weighted by molar-refractivity contribution is -0.275. The Bertz CT molecular complexity index is 449. The molecule has 1 N–H and O–H groups in total. The van der Waals surface area contributed by atoms with Gasteiger partial charge < -0.3 is 14.6 Å². The van der Waals surface area contributed by atoms with E-state index in [9.17, 15) is 23.1 Å². The van der Waals surface area contributed by atoms with Gasteiger partial charge in [-0.15, -0.1) is 13.2 Å². The molecule has 5 nitrogen and oxygen atoms in total. The van der Waals surface area contributed by atoms with Crippen molar-refractivity contribution in [1.82, 2.24) is 4.98 Å². The summed E-state index contributed by atoms with van der Waals surface area (Å²) in [6, 6.07) is 0. The second-order valence-electron chi connectivity index (χ2n) is 2.67. The Balaban J connectivity index is 3.25. The van der Waals surface area contributed by atoms with Crippen LogP contribution in [-0.4, -0.2) is 29.5 Å². The quantitative estimate of drug-likeness (QED) is 0.644. The Hall–Kier alpha value is -1.26. The van der Waals surface area contributed by atoms with Crippen molar-refractivity contribution in [2.45, 2.75) is 6.36 Å². The first-order chi connectivity index (χ1) is 7.76. The van der Waals surface area contributed by atoms with Crippen molar-refractivity contribution in [2.24, 2.45) is 0 Å². The zero-order chi connectivity index (χ0) is 13.2. The van der Waals surface area contributed by atoms with Crippen molar-refractivity contribution < 1.29 is 32.5 Å². The summed E-state index contributed by atoms with van der Waals surface area (Å²) in [6.45, 7) is 0. The van der Waals surface area contributed by atoms with Crippen molar-refractivity contribution in [3.8, 4) is 11.5 Å². The molecule has 0 radical (unpaired) electrons. The summed E-state index contributed by atoms with van der Waals surface area (Å²) in [5, 5.41) is 9.19. The van der Waals surface area contributed by atoms with Crippen molar-refractivity contribution in [2.75, 3.05) is 7.11 Å². The molecule has 0 aliphatic rings. The van der Waals surface area contributed by atoms with Crippen LogP contribution in [0.1, 0.15) is 10.5 Å². The van der Waals surface area contributed by atoms with Gasteiger partial charge in [-0.25, -0.2) is 9.78 Å². The molecule has 0 atom stereocenters. The molecule has 0 bridgehead atoms. The van der Waals surface area contributed by atoms with Gasteiger partial charge >= 0.3 is 12.3 Å². The van der Waals surface area contributed by atoms with Gasteiger partial charge in [0.05, 0.1) is 16.9 Å². The fourth-order valence-corrected chi connectivity index (χ4v) is 1.66. The predicted molar refractivity (Wildman–Crippen MR) is 56.6 cm³/mol. The first-order valence-corrected chi connectivity index (χ1v) is 5.05. The average molecular weight is 363 g/mol. The van der Waals surface area contributed by atoms with E-state index in [2.05, 4.69) is 14.5 Å². The number of esters is 1. The van der Waals surface area contributed by atoms with E-state index < -0.39 is 23.8 Å². The third kappa shape index (κ3) is 3.35. The highest BCUT2D eigenvalue weighted by Gasteiger charge is 2.34. The van der Waals surface area contributed by atoms with Crippen LogP contribution in [0.4, 0.5) is 13.2 Å². The number of carbonyl (C=O) groups excluding carboxylic acids is 1. The number of methoxy groups -OCH3 is 1. The summed E-state index contributed by atoms with van der Waals surface area (Å²) in [5.74, 6) is -2.63. The molecule has 0 aliphatic carbocycles. The lowest BCUT2D eigenvalue weighted by Gasteiger charge is -2.13. The fraction of sp³-hybridized carbons (Fsp3) is 0.250. The zero-order valence-electron chi connectivity index (χ0n) is 8.21. The lowest BCUT2D eigenvalue weighted by atomic mass is 10.3. The number of alkyl halides is 3. The number of halogens is 4. The Labute approximate surface area is 107 Å². The van der Waals surface area contributed by atoms with Crippen LogP contribution in [0.5, 0.6) is 11.5 Å². The van der Waals surface area contributed by atoms with Crippen LogP contribution in [-0.2, 0) is 4.74 Å². The summed E-state index contributed by atoms with van der Waals surface area (Å²) >= 11 is 1.40. The maximum absolute atomic E-state index is 12.0. The maximum atomic E-state index is 12.0. The number of pyridine rings is 1. The van der Waals surface area contributed by atoms with Crippen LogP contribution in [0, 0.1) is 3.57 Å². The van der Waals surface area contributed by atoms with Gasteiger partial charge in [0, 0.05) is 0 Å². The van der Waals surface area contributed by atoms with Crippen molar-refractivity contribution in [1.29, 1.82) is 0 Å². The first-order valence-electron chi connectivity index (χ1n) is 3.97. The second-order valence-corrected chi connectivity index (χ2v) is 3.75. The molecular formula is C8H5F3INO4. The largest absolute Gasteiger partial charge is 0.573 e.